The lowest BCUT2D eigenvalue weighted by Crippen LogP contribution is -2.48. The third kappa shape index (κ3) is 2.96. The molecule has 0 spiro atoms. The maximum Gasteiger partial charge on any atom is 0.322 e. The van der Waals surface area contributed by atoms with E-state index in [1.54, 1.807) is 0 Å². The summed E-state index contributed by atoms with van der Waals surface area (Å²) in [6.45, 7) is 2.77. The highest BCUT2D eigenvalue weighted by Gasteiger charge is 2.46. The van der Waals surface area contributed by atoms with Gasteiger partial charge >= 0.3 is 6.03 Å². The Balaban J connectivity index is 2.87. The van der Waals surface area contributed by atoms with Crippen molar-refractivity contribution in [2.45, 2.75) is 24.5 Å². The molecule has 1 fully saturated rings. The molecule has 0 aromatic heterocycles. The number of ether oxygens (including phenoxy) is 1. The Bertz CT molecular complexity index is 361. The van der Waals surface area contributed by atoms with Crippen LogP contribution in [0.5, 0.6) is 0 Å². The minimum atomic E-state index is -1.42. The van der Waals surface area contributed by atoms with Crippen LogP contribution in [0.4, 0.5) is 4.79 Å². The minimum Gasteiger partial charge on any atom is -0.394 e. The molecule has 18 heavy (non-hydrogen) atoms. The first-order valence-corrected chi connectivity index (χ1v) is 5.07. The zero-order valence-corrected chi connectivity index (χ0v) is 9.51. The molecule has 1 heterocycles. The minimum absolute atomic E-state index is 0.0759. The van der Waals surface area contributed by atoms with Crippen LogP contribution in [0.15, 0.2) is 17.4 Å². The Kier molecular flexibility index (Phi) is 4.62. The largest absolute Gasteiger partial charge is 0.394 e. The molecule has 1 saturated heterocycles. The molecule has 0 radical (unpaired) electrons. The highest BCUT2D eigenvalue weighted by molar-refractivity contribution is 5.85. The Morgan fingerprint density at radius 2 is 2.06 bits per heavy atom. The third-order valence-corrected chi connectivity index (χ3v) is 2.39. The third-order valence-electron chi connectivity index (χ3n) is 2.39. The SMILES string of the molecule is C=C(N)N=CN(C(N)=O)[C@@H]1O[C@H](CO)C(O)C1O. The van der Waals surface area contributed by atoms with E-state index in [0.717, 1.165) is 11.2 Å². The fourth-order valence-corrected chi connectivity index (χ4v) is 1.49. The number of nitrogens with two attached hydrogens (primary N) is 2. The number of urea groups is 1. The average molecular weight is 260 g/mol. The van der Waals surface area contributed by atoms with Gasteiger partial charge in [0.25, 0.3) is 0 Å². The molecule has 7 N–H and O–H groups in total. The van der Waals surface area contributed by atoms with Crippen LogP contribution in [0.3, 0.4) is 0 Å². The molecule has 2 amide bonds. The summed E-state index contributed by atoms with van der Waals surface area (Å²) < 4.78 is 5.10. The van der Waals surface area contributed by atoms with Crippen molar-refractivity contribution in [1.82, 2.24) is 4.90 Å². The number of amides is 2. The first-order chi connectivity index (χ1) is 8.38. The van der Waals surface area contributed by atoms with E-state index in [4.69, 9.17) is 21.3 Å². The summed E-state index contributed by atoms with van der Waals surface area (Å²) in [6.07, 6.45) is -4.09. The lowest BCUT2D eigenvalue weighted by atomic mass is 10.1. The molecule has 2 unspecified atom stereocenters. The van der Waals surface area contributed by atoms with Gasteiger partial charge in [-0.2, -0.15) is 0 Å². The summed E-state index contributed by atoms with van der Waals surface area (Å²) in [5.41, 5.74) is 10.3. The van der Waals surface area contributed by atoms with Crippen LogP contribution in [0, 0.1) is 0 Å². The van der Waals surface area contributed by atoms with E-state index >= 15 is 0 Å². The van der Waals surface area contributed by atoms with Crippen LogP contribution in [0.1, 0.15) is 0 Å². The number of carbonyl (C=O) groups is 1. The zero-order chi connectivity index (χ0) is 13.9. The summed E-state index contributed by atoms with van der Waals surface area (Å²) in [7, 11) is 0. The van der Waals surface area contributed by atoms with Gasteiger partial charge in [-0.05, 0) is 0 Å². The van der Waals surface area contributed by atoms with Crippen molar-refractivity contribution < 1.29 is 24.9 Å². The maximum atomic E-state index is 11.2. The lowest BCUT2D eigenvalue weighted by Gasteiger charge is -2.24. The predicted octanol–water partition coefficient (Wildman–Crippen LogP) is -2.74. The molecule has 0 aromatic carbocycles. The van der Waals surface area contributed by atoms with Crippen LogP contribution in [0.25, 0.3) is 0 Å². The van der Waals surface area contributed by atoms with Crippen LogP contribution in [-0.2, 0) is 4.74 Å². The second-order valence-electron chi connectivity index (χ2n) is 3.71. The number of aliphatic hydroxyl groups is 3. The number of aliphatic imine (C=N–C) groups is 1. The number of nitrogens with zero attached hydrogens (tertiary/aromatic N) is 2. The van der Waals surface area contributed by atoms with E-state index in [2.05, 4.69) is 11.6 Å². The maximum absolute atomic E-state index is 11.2. The van der Waals surface area contributed by atoms with Gasteiger partial charge in [-0.1, -0.05) is 6.58 Å². The smallest absolute Gasteiger partial charge is 0.322 e. The molecule has 0 saturated carbocycles. The van der Waals surface area contributed by atoms with Gasteiger partial charge in [-0.15, -0.1) is 0 Å². The Morgan fingerprint density at radius 3 is 2.44 bits per heavy atom. The normalized spacial score (nSPS) is 31.7. The molecule has 0 aliphatic carbocycles. The summed E-state index contributed by atoms with van der Waals surface area (Å²) in [6, 6.07) is -0.963. The van der Waals surface area contributed by atoms with Gasteiger partial charge in [0.1, 0.15) is 30.5 Å². The van der Waals surface area contributed by atoms with Gasteiger partial charge in [0.05, 0.1) is 6.61 Å². The summed E-state index contributed by atoms with van der Waals surface area (Å²) >= 11 is 0. The van der Waals surface area contributed by atoms with Crippen molar-refractivity contribution in [2.75, 3.05) is 6.61 Å². The van der Waals surface area contributed by atoms with E-state index in [9.17, 15) is 15.0 Å². The second-order valence-corrected chi connectivity index (χ2v) is 3.71. The van der Waals surface area contributed by atoms with Gasteiger partial charge < -0.3 is 31.5 Å². The van der Waals surface area contributed by atoms with Crippen molar-refractivity contribution in [3.05, 3.63) is 12.4 Å². The second kappa shape index (κ2) is 5.78. The molecular weight excluding hydrogens is 244 g/mol. The molecule has 1 rings (SSSR count). The molecule has 1 aliphatic heterocycles. The van der Waals surface area contributed by atoms with Crippen molar-refractivity contribution in [2.24, 2.45) is 16.5 Å². The van der Waals surface area contributed by atoms with Crippen LogP contribution >= 0.6 is 0 Å². The zero-order valence-electron chi connectivity index (χ0n) is 9.51. The molecule has 1 aliphatic rings. The first kappa shape index (κ1) is 14.4. The van der Waals surface area contributed by atoms with E-state index in [1.165, 1.54) is 0 Å². The molecule has 0 aromatic rings. The predicted molar refractivity (Wildman–Crippen MR) is 61.0 cm³/mol. The van der Waals surface area contributed by atoms with Gasteiger partial charge in [0, 0.05) is 0 Å². The van der Waals surface area contributed by atoms with Crippen LogP contribution < -0.4 is 11.5 Å². The highest BCUT2D eigenvalue weighted by Crippen LogP contribution is 2.23. The van der Waals surface area contributed by atoms with Crippen LogP contribution in [-0.4, -0.2) is 63.7 Å². The topological polar surface area (TPSA) is 155 Å². The van der Waals surface area contributed by atoms with E-state index < -0.39 is 37.2 Å². The van der Waals surface area contributed by atoms with Crippen molar-refractivity contribution in [3.8, 4) is 0 Å². The first-order valence-electron chi connectivity index (χ1n) is 5.07. The van der Waals surface area contributed by atoms with Crippen molar-refractivity contribution >= 4 is 12.4 Å². The molecule has 0 bridgehead atoms. The average Bonchev–Trinajstić information content (AvgIpc) is 2.56. The fourth-order valence-electron chi connectivity index (χ4n) is 1.49. The Hall–Kier alpha value is -1.68. The number of hydrogen-bond acceptors (Lipinski definition) is 7. The molecule has 9 heteroatoms. The number of rotatable bonds is 4. The van der Waals surface area contributed by atoms with E-state index in [-0.39, 0.29) is 5.82 Å². The molecule has 4 atom stereocenters. The van der Waals surface area contributed by atoms with Gasteiger partial charge in [-0.3, -0.25) is 4.90 Å². The van der Waals surface area contributed by atoms with Gasteiger partial charge in [0.2, 0.25) is 0 Å². The monoisotopic (exact) mass is 260 g/mol. The van der Waals surface area contributed by atoms with E-state index in [0.29, 0.717) is 0 Å². The standard InChI is InChI=1S/C9H16N4O5/c1-4(10)12-3-13(9(11)17)8-7(16)6(15)5(2-14)18-8/h3,5-8,14-16H,1-2,10H2,(H2,11,17)/t5-,6?,7?,8-/m1/s1. The lowest BCUT2D eigenvalue weighted by molar-refractivity contribution is -0.0563. The molecule has 9 nitrogen and oxygen atoms in total. The summed E-state index contributed by atoms with van der Waals surface area (Å²) in [5, 5.41) is 28.1. The van der Waals surface area contributed by atoms with Crippen LogP contribution in [0.2, 0.25) is 0 Å². The van der Waals surface area contributed by atoms with Gasteiger partial charge in [0.15, 0.2) is 6.23 Å². The Labute approximate surface area is 103 Å². The van der Waals surface area contributed by atoms with Crippen molar-refractivity contribution in [1.29, 1.82) is 0 Å². The van der Waals surface area contributed by atoms with Crippen molar-refractivity contribution in [3.63, 3.8) is 0 Å². The van der Waals surface area contributed by atoms with Gasteiger partial charge in [-0.25, -0.2) is 9.79 Å². The Morgan fingerprint density at radius 1 is 1.44 bits per heavy atom. The molecular formula is C9H16N4O5. The number of hydrogen-bond donors (Lipinski definition) is 5. The fraction of sp³-hybridized carbons (Fsp3) is 0.556. The number of carbonyl (C=O) groups excluding carboxylic acids is 1. The number of primary amides is 1. The highest BCUT2D eigenvalue weighted by atomic mass is 16.6. The number of aliphatic hydroxyl groups excluding tert-OH is 3. The quantitative estimate of drug-likeness (QED) is 0.273. The molecule has 102 valence electrons. The summed E-state index contributed by atoms with van der Waals surface area (Å²) in [5.74, 6) is -0.0759. The van der Waals surface area contributed by atoms with E-state index in [1.807, 2.05) is 0 Å². The summed E-state index contributed by atoms with van der Waals surface area (Å²) in [4.78, 5) is 15.5.